The van der Waals surface area contributed by atoms with Crippen LogP contribution in [0.2, 0.25) is 0 Å². The van der Waals surface area contributed by atoms with Gasteiger partial charge in [-0.1, -0.05) is 0 Å². The van der Waals surface area contributed by atoms with Gasteiger partial charge in [0.25, 0.3) is 0 Å². The number of alkyl halides is 2. The van der Waals surface area contributed by atoms with Crippen molar-refractivity contribution >= 4 is 23.9 Å². The van der Waals surface area contributed by atoms with E-state index in [4.69, 9.17) is 23.7 Å². The predicted octanol–water partition coefficient (Wildman–Crippen LogP) is 6.79. The maximum atomic E-state index is 14.1. The number of rotatable bonds is 8. The molecule has 1 saturated heterocycles. The molecule has 13 aliphatic rings. The summed E-state index contributed by atoms with van der Waals surface area (Å²) in [5.74, 6) is -4.27. The number of hydrogen-bond acceptors (Lipinski definition) is 9. The highest BCUT2D eigenvalue weighted by Crippen LogP contribution is 2.67. The van der Waals surface area contributed by atoms with Crippen molar-refractivity contribution in [3.8, 4) is 0 Å². The summed E-state index contributed by atoms with van der Waals surface area (Å²) in [7, 11) is 0. The van der Waals surface area contributed by atoms with Crippen LogP contribution in [0.3, 0.4) is 0 Å². The zero-order valence-corrected chi connectivity index (χ0v) is 30.5. The van der Waals surface area contributed by atoms with Crippen LogP contribution >= 0.6 is 0 Å². The highest BCUT2D eigenvalue weighted by Gasteiger charge is 2.69. The summed E-state index contributed by atoms with van der Waals surface area (Å²) < 4.78 is 58.4. The van der Waals surface area contributed by atoms with E-state index in [2.05, 4.69) is 0 Å². The van der Waals surface area contributed by atoms with Crippen LogP contribution in [-0.4, -0.2) is 62.0 Å². The van der Waals surface area contributed by atoms with E-state index < -0.39 is 45.3 Å². The molecule has 13 fully saturated rings. The molecule has 12 bridgehead atoms. The SMILES string of the molecule is CC(F)(F)C(=O)OC(=O)C12CC3CC(C1)C1(OCC(COC(=O)C45CC6CC(CC(C6)C4)C5)(COC(=O)C45CC6CC(CC(C6)C4)C5)CO1)C(C3)C2. The second-order valence-electron chi connectivity index (χ2n) is 20.5. The molecule has 0 aromatic heterocycles. The van der Waals surface area contributed by atoms with Crippen molar-refractivity contribution < 1.29 is 51.6 Å². The molecule has 12 aliphatic carbocycles. The molecule has 9 nitrogen and oxygen atoms in total. The molecule has 13 rings (SSSR count). The van der Waals surface area contributed by atoms with E-state index in [9.17, 15) is 28.0 Å². The molecule has 11 heteroatoms. The standard InChI is InChI=1S/C41H54F2O9/c1-36(42,43)32(44)52-35(47)40-16-29-8-30(17-40)41(31(9-29)18-40)50-21-37(22-51-41,19-48-33(45)38-10-23-2-24(11-38)4-25(3-23)12-38)20-49-34(46)39-13-26-5-27(14-39)7-28(6-26)15-39/h23-31H,2-22H2,1H3. The Morgan fingerprint density at radius 2 is 0.904 bits per heavy atom. The Morgan fingerprint density at radius 1 is 0.558 bits per heavy atom. The van der Waals surface area contributed by atoms with Crippen LogP contribution in [0.25, 0.3) is 0 Å². The second kappa shape index (κ2) is 11.5. The largest absolute Gasteiger partial charge is 0.464 e. The molecule has 1 spiro atoms. The maximum Gasteiger partial charge on any atom is 0.384 e. The van der Waals surface area contributed by atoms with Crippen LogP contribution in [0.4, 0.5) is 8.78 Å². The number of ether oxygens (including phenoxy) is 5. The normalized spacial score (nSPS) is 50.4. The zero-order chi connectivity index (χ0) is 35.9. The molecule has 52 heavy (non-hydrogen) atoms. The molecule has 0 N–H and O–H groups in total. The summed E-state index contributed by atoms with van der Waals surface area (Å²) in [5, 5.41) is 0. The lowest BCUT2D eigenvalue weighted by Gasteiger charge is -2.64. The van der Waals surface area contributed by atoms with Gasteiger partial charge in [0.1, 0.15) is 13.2 Å². The summed E-state index contributed by atoms with van der Waals surface area (Å²) in [5.41, 5.74) is -2.75. The molecule has 1 aliphatic heterocycles. The van der Waals surface area contributed by atoms with Crippen molar-refractivity contribution in [3.63, 3.8) is 0 Å². The van der Waals surface area contributed by atoms with E-state index in [0.29, 0.717) is 61.7 Å². The Bertz CT molecular complexity index is 1390. The molecule has 1 heterocycles. The average Bonchev–Trinajstić information content (AvgIpc) is 3.07. The van der Waals surface area contributed by atoms with Gasteiger partial charge in [0.2, 0.25) is 0 Å². The van der Waals surface area contributed by atoms with Gasteiger partial charge >= 0.3 is 29.8 Å². The van der Waals surface area contributed by atoms with E-state index in [1.54, 1.807) is 0 Å². The number of halogens is 2. The van der Waals surface area contributed by atoms with Crippen molar-refractivity contribution in [2.24, 2.45) is 74.9 Å². The molecule has 2 atom stereocenters. The Hall–Kier alpha value is -2.14. The van der Waals surface area contributed by atoms with Gasteiger partial charge in [-0.25, -0.2) is 4.79 Å². The molecule has 12 saturated carbocycles. The number of hydrogen-bond donors (Lipinski definition) is 0. The Labute approximate surface area is 304 Å². The van der Waals surface area contributed by atoms with E-state index >= 15 is 0 Å². The third kappa shape index (κ3) is 5.30. The molecule has 286 valence electrons. The lowest BCUT2D eigenvalue weighted by atomic mass is 9.47. The minimum absolute atomic E-state index is 0.0411. The van der Waals surface area contributed by atoms with E-state index in [-0.39, 0.29) is 56.1 Å². The van der Waals surface area contributed by atoms with Crippen molar-refractivity contribution in [1.82, 2.24) is 0 Å². The lowest BCUT2D eigenvalue weighted by Crippen LogP contribution is -2.68. The molecule has 2 unspecified atom stereocenters. The summed E-state index contributed by atoms with van der Waals surface area (Å²) in [6, 6.07) is 0. The Balaban J connectivity index is 0.865. The predicted molar refractivity (Wildman–Crippen MR) is 178 cm³/mol. The van der Waals surface area contributed by atoms with Crippen molar-refractivity contribution in [2.45, 2.75) is 128 Å². The first-order valence-electron chi connectivity index (χ1n) is 20.5. The highest BCUT2D eigenvalue weighted by molar-refractivity contribution is 5.92. The molecule has 0 amide bonds. The first kappa shape index (κ1) is 34.4. The van der Waals surface area contributed by atoms with Crippen LogP contribution in [0.5, 0.6) is 0 Å². The average molecular weight is 729 g/mol. The third-order valence-electron chi connectivity index (χ3n) is 16.5. The fourth-order valence-electron chi connectivity index (χ4n) is 15.2. The van der Waals surface area contributed by atoms with Crippen LogP contribution in [0, 0.1) is 74.9 Å². The van der Waals surface area contributed by atoms with Gasteiger partial charge < -0.3 is 23.7 Å². The van der Waals surface area contributed by atoms with Crippen molar-refractivity contribution in [3.05, 3.63) is 0 Å². The minimum atomic E-state index is -3.75. The topological polar surface area (TPSA) is 114 Å². The first-order valence-corrected chi connectivity index (χ1v) is 20.5. The summed E-state index contributed by atoms with van der Waals surface area (Å²) in [6.45, 7) is 0.864. The quantitative estimate of drug-likeness (QED) is 0.152. The van der Waals surface area contributed by atoms with E-state index in [1.807, 2.05) is 0 Å². The number of esters is 4. The maximum absolute atomic E-state index is 14.1. The number of carbonyl (C=O) groups excluding carboxylic acids is 4. The Kier molecular flexibility index (Phi) is 7.57. The number of carbonyl (C=O) groups is 4. The fourth-order valence-corrected chi connectivity index (χ4v) is 15.2. The van der Waals surface area contributed by atoms with Gasteiger partial charge in [-0.2, -0.15) is 8.78 Å². The van der Waals surface area contributed by atoms with Gasteiger partial charge in [-0.3, -0.25) is 14.4 Å². The summed E-state index contributed by atoms with van der Waals surface area (Å²) in [6.07, 6.45) is 15.4. The monoisotopic (exact) mass is 728 g/mol. The fraction of sp³-hybridized carbons (Fsp3) is 0.902. The lowest BCUT2D eigenvalue weighted by molar-refractivity contribution is -0.391. The van der Waals surface area contributed by atoms with Crippen LogP contribution < -0.4 is 0 Å². The van der Waals surface area contributed by atoms with Gasteiger partial charge in [-0.05, 0) is 151 Å². The van der Waals surface area contributed by atoms with Crippen molar-refractivity contribution in [2.75, 3.05) is 26.4 Å². The van der Waals surface area contributed by atoms with E-state index in [0.717, 1.165) is 51.4 Å². The second-order valence-corrected chi connectivity index (χ2v) is 20.5. The smallest absolute Gasteiger partial charge is 0.384 e. The van der Waals surface area contributed by atoms with Gasteiger partial charge in [0, 0.05) is 18.8 Å². The highest BCUT2D eigenvalue weighted by atomic mass is 19.3. The molecular formula is C41H54F2O9. The molecule has 0 radical (unpaired) electrons. The van der Waals surface area contributed by atoms with Crippen LogP contribution in [0.1, 0.15) is 116 Å². The van der Waals surface area contributed by atoms with E-state index in [1.165, 1.54) is 38.5 Å². The third-order valence-corrected chi connectivity index (χ3v) is 16.5. The van der Waals surface area contributed by atoms with Gasteiger partial charge in [-0.15, -0.1) is 0 Å². The van der Waals surface area contributed by atoms with Gasteiger partial charge in [0.15, 0.2) is 5.79 Å². The molecular weight excluding hydrogens is 674 g/mol. The summed E-state index contributed by atoms with van der Waals surface area (Å²) in [4.78, 5) is 53.4. The van der Waals surface area contributed by atoms with Crippen LogP contribution in [-0.2, 0) is 42.9 Å². The Morgan fingerprint density at radius 3 is 1.27 bits per heavy atom. The molecule has 0 aromatic carbocycles. The van der Waals surface area contributed by atoms with Gasteiger partial charge in [0.05, 0.1) is 34.9 Å². The zero-order valence-electron chi connectivity index (χ0n) is 30.5. The van der Waals surface area contributed by atoms with Crippen molar-refractivity contribution in [1.29, 1.82) is 0 Å². The summed E-state index contributed by atoms with van der Waals surface area (Å²) >= 11 is 0. The molecule has 0 aromatic rings. The minimum Gasteiger partial charge on any atom is -0.464 e. The van der Waals surface area contributed by atoms with Crippen LogP contribution in [0.15, 0.2) is 0 Å². The first-order chi connectivity index (χ1) is 24.7.